The smallest absolute Gasteiger partial charge is 0.243 e. The summed E-state index contributed by atoms with van der Waals surface area (Å²) in [7, 11) is 0. The molecule has 2 N–H and O–H groups in total. The van der Waals surface area contributed by atoms with Crippen LogP contribution in [0.5, 0.6) is 0 Å². The van der Waals surface area contributed by atoms with E-state index in [1.807, 2.05) is 0 Å². The standard InChI is InChI=1S/C12H24N4OS/c1-4-16(5-2)8-6-11-14-12(17-15-11)10(13)7-9-18-3/h10H,4-9,13H2,1-3H3/t10-/m1/s1. The number of nitrogens with zero attached hydrogens (tertiary/aromatic N) is 3. The Morgan fingerprint density at radius 1 is 1.39 bits per heavy atom. The Labute approximate surface area is 113 Å². The molecule has 104 valence electrons. The number of likely N-dealkylation sites (N-methyl/N-ethyl adjacent to an activating group) is 1. The molecule has 0 fully saturated rings. The molecular formula is C12H24N4OS. The highest BCUT2D eigenvalue weighted by atomic mass is 32.2. The molecule has 0 aromatic carbocycles. The summed E-state index contributed by atoms with van der Waals surface area (Å²) in [6, 6.07) is -0.132. The van der Waals surface area contributed by atoms with Gasteiger partial charge in [-0.1, -0.05) is 19.0 Å². The minimum absolute atomic E-state index is 0.132. The van der Waals surface area contributed by atoms with Gasteiger partial charge in [0.1, 0.15) is 0 Å². The third-order valence-electron chi connectivity index (χ3n) is 2.98. The highest BCUT2D eigenvalue weighted by Crippen LogP contribution is 2.14. The number of hydrogen-bond acceptors (Lipinski definition) is 6. The van der Waals surface area contributed by atoms with Gasteiger partial charge in [0.15, 0.2) is 5.82 Å². The van der Waals surface area contributed by atoms with Gasteiger partial charge in [-0.15, -0.1) is 0 Å². The van der Waals surface area contributed by atoms with Crippen LogP contribution in [0, 0.1) is 0 Å². The van der Waals surface area contributed by atoms with Gasteiger partial charge in [0.25, 0.3) is 0 Å². The minimum atomic E-state index is -0.132. The summed E-state index contributed by atoms with van der Waals surface area (Å²) >= 11 is 1.78. The first-order chi connectivity index (χ1) is 8.71. The van der Waals surface area contributed by atoms with E-state index in [4.69, 9.17) is 10.3 Å². The van der Waals surface area contributed by atoms with Crippen molar-refractivity contribution in [1.29, 1.82) is 0 Å². The average molecular weight is 272 g/mol. The second-order valence-electron chi connectivity index (χ2n) is 4.21. The zero-order valence-electron chi connectivity index (χ0n) is 11.6. The van der Waals surface area contributed by atoms with Crippen LogP contribution >= 0.6 is 11.8 Å². The van der Waals surface area contributed by atoms with Crippen molar-refractivity contribution in [2.75, 3.05) is 31.6 Å². The Morgan fingerprint density at radius 2 is 2.11 bits per heavy atom. The van der Waals surface area contributed by atoms with Gasteiger partial charge < -0.3 is 15.2 Å². The molecule has 6 heteroatoms. The molecule has 0 saturated heterocycles. The fraction of sp³-hybridized carbons (Fsp3) is 0.833. The highest BCUT2D eigenvalue weighted by Gasteiger charge is 2.14. The van der Waals surface area contributed by atoms with Gasteiger partial charge in [-0.25, -0.2) is 0 Å². The maximum atomic E-state index is 5.98. The fourth-order valence-corrected chi connectivity index (χ4v) is 2.18. The summed E-state index contributed by atoms with van der Waals surface area (Å²) in [5, 5.41) is 3.99. The molecule has 1 atom stereocenters. The summed E-state index contributed by atoms with van der Waals surface area (Å²) in [6.07, 6.45) is 3.76. The SMILES string of the molecule is CCN(CC)CCc1noc([C@H](N)CCSC)n1. The van der Waals surface area contributed by atoms with Crippen LogP contribution in [0.4, 0.5) is 0 Å². The van der Waals surface area contributed by atoms with E-state index in [2.05, 4.69) is 35.1 Å². The average Bonchev–Trinajstić information content (AvgIpc) is 2.86. The van der Waals surface area contributed by atoms with Crippen molar-refractivity contribution in [2.24, 2.45) is 5.73 Å². The zero-order valence-corrected chi connectivity index (χ0v) is 12.4. The number of hydrogen-bond donors (Lipinski definition) is 1. The topological polar surface area (TPSA) is 68.2 Å². The van der Waals surface area contributed by atoms with Crippen LogP contribution in [-0.4, -0.2) is 46.7 Å². The van der Waals surface area contributed by atoms with Gasteiger partial charge in [-0.2, -0.15) is 16.7 Å². The molecule has 18 heavy (non-hydrogen) atoms. The van der Waals surface area contributed by atoms with Crippen LogP contribution in [0.3, 0.4) is 0 Å². The molecule has 0 aliphatic carbocycles. The lowest BCUT2D eigenvalue weighted by atomic mass is 10.2. The Hall–Kier alpha value is -0.590. The van der Waals surface area contributed by atoms with Crippen molar-refractivity contribution in [3.63, 3.8) is 0 Å². The highest BCUT2D eigenvalue weighted by molar-refractivity contribution is 7.98. The second kappa shape index (κ2) is 8.50. The molecule has 0 spiro atoms. The van der Waals surface area contributed by atoms with Crippen molar-refractivity contribution in [3.05, 3.63) is 11.7 Å². The second-order valence-corrected chi connectivity index (χ2v) is 5.20. The van der Waals surface area contributed by atoms with E-state index in [1.54, 1.807) is 11.8 Å². The van der Waals surface area contributed by atoms with Crippen molar-refractivity contribution in [3.8, 4) is 0 Å². The third-order valence-corrected chi connectivity index (χ3v) is 3.62. The zero-order chi connectivity index (χ0) is 13.4. The van der Waals surface area contributed by atoms with Gasteiger partial charge in [0.05, 0.1) is 6.04 Å². The predicted octanol–water partition coefficient (Wildman–Crippen LogP) is 1.71. The van der Waals surface area contributed by atoms with E-state index in [1.165, 1.54) is 0 Å². The Balaban J connectivity index is 2.42. The molecule has 0 aliphatic heterocycles. The molecule has 1 rings (SSSR count). The molecule has 1 heterocycles. The van der Waals surface area contributed by atoms with E-state index >= 15 is 0 Å². The lowest BCUT2D eigenvalue weighted by Crippen LogP contribution is -2.25. The lowest BCUT2D eigenvalue weighted by Gasteiger charge is -2.16. The maximum absolute atomic E-state index is 5.98. The quantitative estimate of drug-likeness (QED) is 0.738. The van der Waals surface area contributed by atoms with Gasteiger partial charge in [-0.05, 0) is 31.5 Å². The van der Waals surface area contributed by atoms with Crippen LogP contribution in [0.2, 0.25) is 0 Å². The molecular weight excluding hydrogens is 248 g/mol. The molecule has 0 bridgehead atoms. The van der Waals surface area contributed by atoms with E-state index in [0.717, 1.165) is 44.1 Å². The third kappa shape index (κ3) is 4.96. The van der Waals surface area contributed by atoms with Gasteiger partial charge >= 0.3 is 0 Å². The summed E-state index contributed by atoms with van der Waals surface area (Å²) in [5.41, 5.74) is 5.98. The van der Waals surface area contributed by atoms with E-state index in [9.17, 15) is 0 Å². The number of nitrogens with two attached hydrogens (primary N) is 1. The Kier molecular flexibility index (Phi) is 7.31. The molecule has 0 saturated carbocycles. The number of aromatic nitrogens is 2. The van der Waals surface area contributed by atoms with Crippen LogP contribution < -0.4 is 5.73 Å². The van der Waals surface area contributed by atoms with Gasteiger partial charge in [-0.3, -0.25) is 0 Å². The van der Waals surface area contributed by atoms with Crippen molar-refractivity contribution in [1.82, 2.24) is 15.0 Å². The first-order valence-electron chi connectivity index (χ1n) is 6.50. The van der Waals surface area contributed by atoms with E-state index in [0.29, 0.717) is 5.89 Å². The van der Waals surface area contributed by atoms with Crippen molar-refractivity contribution >= 4 is 11.8 Å². The molecule has 0 amide bonds. The van der Waals surface area contributed by atoms with Crippen LogP contribution in [0.15, 0.2) is 4.52 Å². The molecule has 1 aromatic heterocycles. The van der Waals surface area contributed by atoms with E-state index < -0.39 is 0 Å². The van der Waals surface area contributed by atoms with Crippen LogP contribution in [0.1, 0.15) is 38.0 Å². The molecule has 0 aliphatic rings. The molecule has 5 nitrogen and oxygen atoms in total. The van der Waals surface area contributed by atoms with Crippen molar-refractivity contribution < 1.29 is 4.52 Å². The maximum Gasteiger partial charge on any atom is 0.243 e. The summed E-state index contributed by atoms with van der Waals surface area (Å²) in [4.78, 5) is 6.70. The molecule has 0 unspecified atom stereocenters. The first kappa shape index (κ1) is 15.5. The van der Waals surface area contributed by atoms with Crippen molar-refractivity contribution in [2.45, 2.75) is 32.7 Å². The summed E-state index contributed by atoms with van der Waals surface area (Å²) in [5.74, 6) is 2.34. The number of rotatable bonds is 9. The Morgan fingerprint density at radius 3 is 2.72 bits per heavy atom. The first-order valence-corrected chi connectivity index (χ1v) is 7.89. The van der Waals surface area contributed by atoms with Crippen LogP contribution in [-0.2, 0) is 6.42 Å². The van der Waals surface area contributed by atoms with E-state index in [-0.39, 0.29) is 6.04 Å². The predicted molar refractivity (Wildman–Crippen MR) is 75.7 cm³/mol. The van der Waals surface area contributed by atoms with Crippen LogP contribution in [0.25, 0.3) is 0 Å². The molecule has 1 aromatic rings. The monoisotopic (exact) mass is 272 g/mol. The summed E-state index contributed by atoms with van der Waals surface area (Å²) in [6.45, 7) is 7.38. The lowest BCUT2D eigenvalue weighted by molar-refractivity contribution is 0.302. The fourth-order valence-electron chi connectivity index (χ4n) is 1.69. The minimum Gasteiger partial charge on any atom is -0.338 e. The Bertz CT molecular complexity index is 328. The van der Waals surface area contributed by atoms with Gasteiger partial charge in [0.2, 0.25) is 5.89 Å². The summed E-state index contributed by atoms with van der Waals surface area (Å²) < 4.78 is 5.21. The largest absolute Gasteiger partial charge is 0.338 e. The molecule has 0 radical (unpaired) electrons. The van der Waals surface area contributed by atoms with Gasteiger partial charge in [0, 0.05) is 13.0 Å². The normalized spacial score (nSPS) is 13.2. The number of thioether (sulfide) groups is 1.